The van der Waals surface area contributed by atoms with Gasteiger partial charge in [-0.2, -0.15) is 0 Å². The molecule has 1 atom stereocenters. The third kappa shape index (κ3) is 9.57. The van der Waals surface area contributed by atoms with Crippen LogP contribution in [-0.2, 0) is 17.8 Å². The van der Waals surface area contributed by atoms with Gasteiger partial charge in [0.1, 0.15) is 5.75 Å². The number of benzene rings is 2. The lowest BCUT2D eigenvalue weighted by molar-refractivity contribution is 0.126. The summed E-state index contributed by atoms with van der Waals surface area (Å²) in [6.07, 6.45) is 7.90. The zero-order chi connectivity index (χ0) is 27.2. The molecule has 38 heavy (non-hydrogen) atoms. The van der Waals surface area contributed by atoms with Gasteiger partial charge in [0.15, 0.2) is 0 Å². The fraction of sp³-hybridized carbons (Fsp3) is 0.448. The quantitative estimate of drug-likeness (QED) is 0.171. The molecule has 5 N–H and O–H groups in total. The molecule has 9 nitrogen and oxygen atoms in total. The number of aromatic hydroxyl groups is 1. The number of aromatic amines is 1. The zero-order valence-electron chi connectivity index (χ0n) is 21.8. The number of H-pyrrole nitrogens is 1. The number of nitrogens with zero attached hydrogens (tertiary/aromatic N) is 1. The third-order valence-corrected chi connectivity index (χ3v) is 6.41. The fourth-order valence-electron chi connectivity index (χ4n) is 4.22. The van der Waals surface area contributed by atoms with Gasteiger partial charge in [0.05, 0.1) is 18.4 Å². The van der Waals surface area contributed by atoms with E-state index in [2.05, 4.69) is 10.3 Å². The Morgan fingerprint density at radius 3 is 2.53 bits per heavy atom. The van der Waals surface area contributed by atoms with Crippen LogP contribution in [0.3, 0.4) is 0 Å². The summed E-state index contributed by atoms with van der Waals surface area (Å²) in [5.41, 5.74) is 2.11. The number of ether oxygens (including phenoxy) is 1. The molecule has 1 heterocycles. The summed E-state index contributed by atoms with van der Waals surface area (Å²) in [5.74, 6) is 0.0336. The summed E-state index contributed by atoms with van der Waals surface area (Å²) in [6, 6.07) is 13.9. The standard InChI is InChI=1S/C29H39N3O6/c33-21-24-19-23(11-12-26(24)34)27(35)20-30-14-4-1-2-5-16-38-17-6-3-8-22-9-7-10-25(18-22)32-15-13-28(36)31-29(32)37/h7,9-13,15,18-19,27,30,33-35H,1-6,8,14,16-17,20-21H2,(H,31,36,37)/t27-/m0/s1. The van der Waals surface area contributed by atoms with E-state index in [-0.39, 0.29) is 12.4 Å². The second kappa shape index (κ2) is 15.9. The predicted molar refractivity (Wildman–Crippen MR) is 147 cm³/mol. The van der Waals surface area contributed by atoms with Crippen molar-refractivity contribution in [2.24, 2.45) is 0 Å². The molecular formula is C29H39N3O6. The van der Waals surface area contributed by atoms with Crippen LogP contribution < -0.4 is 16.6 Å². The average Bonchev–Trinajstić information content (AvgIpc) is 2.91. The van der Waals surface area contributed by atoms with Gasteiger partial charge in [0.2, 0.25) is 0 Å². The van der Waals surface area contributed by atoms with E-state index in [9.17, 15) is 24.9 Å². The van der Waals surface area contributed by atoms with Gasteiger partial charge in [-0.15, -0.1) is 0 Å². The Morgan fingerprint density at radius 1 is 0.947 bits per heavy atom. The SMILES string of the molecule is O=c1ccn(-c2cccc(CCCCOCCCCCCNC[C@H](O)c3ccc(O)c(CO)c3)c2)c(=O)[nH]1. The molecule has 0 aliphatic heterocycles. The molecule has 0 fully saturated rings. The maximum absolute atomic E-state index is 12.0. The number of rotatable bonds is 17. The van der Waals surface area contributed by atoms with Gasteiger partial charge in [0, 0.05) is 37.6 Å². The summed E-state index contributed by atoms with van der Waals surface area (Å²) >= 11 is 0. The smallest absolute Gasteiger partial charge is 0.332 e. The Hall–Kier alpha value is -3.24. The molecular weight excluding hydrogens is 486 g/mol. The van der Waals surface area contributed by atoms with Crippen LogP contribution in [0.1, 0.15) is 61.3 Å². The Morgan fingerprint density at radius 2 is 1.74 bits per heavy atom. The summed E-state index contributed by atoms with van der Waals surface area (Å²) in [7, 11) is 0. The molecule has 0 radical (unpaired) electrons. The number of aryl methyl sites for hydroxylation is 1. The van der Waals surface area contributed by atoms with Gasteiger partial charge in [-0.1, -0.05) is 31.0 Å². The number of aliphatic hydroxyl groups excluding tert-OH is 2. The lowest BCUT2D eigenvalue weighted by atomic mass is 10.1. The Balaban J connectivity index is 1.18. The molecule has 0 bridgehead atoms. The highest BCUT2D eigenvalue weighted by atomic mass is 16.5. The molecule has 3 rings (SSSR count). The van der Waals surface area contributed by atoms with Crippen molar-refractivity contribution in [1.82, 2.24) is 14.9 Å². The normalized spacial score (nSPS) is 12.1. The van der Waals surface area contributed by atoms with Gasteiger partial charge in [0.25, 0.3) is 5.56 Å². The van der Waals surface area contributed by atoms with Crippen molar-refractivity contribution in [3.05, 3.63) is 92.3 Å². The highest BCUT2D eigenvalue weighted by Crippen LogP contribution is 2.22. The van der Waals surface area contributed by atoms with Crippen molar-refractivity contribution in [2.75, 3.05) is 26.3 Å². The molecule has 0 spiro atoms. The number of hydrogen-bond donors (Lipinski definition) is 5. The van der Waals surface area contributed by atoms with Crippen LogP contribution in [0.25, 0.3) is 5.69 Å². The van der Waals surface area contributed by atoms with E-state index in [0.717, 1.165) is 76.0 Å². The van der Waals surface area contributed by atoms with E-state index in [1.807, 2.05) is 24.3 Å². The van der Waals surface area contributed by atoms with Crippen molar-refractivity contribution in [3.8, 4) is 11.4 Å². The fourth-order valence-corrected chi connectivity index (χ4v) is 4.22. The topological polar surface area (TPSA) is 137 Å². The molecule has 3 aromatic rings. The first-order valence-corrected chi connectivity index (χ1v) is 13.3. The summed E-state index contributed by atoms with van der Waals surface area (Å²) in [6.45, 7) is 2.47. The largest absolute Gasteiger partial charge is 0.508 e. The van der Waals surface area contributed by atoms with E-state index in [4.69, 9.17) is 4.74 Å². The monoisotopic (exact) mass is 525 g/mol. The Kier molecular flexibility index (Phi) is 12.3. The van der Waals surface area contributed by atoms with Crippen LogP contribution in [0, 0.1) is 0 Å². The molecule has 0 amide bonds. The minimum absolute atomic E-state index is 0.0336. The first-order chi connectivity index (χ1) is 18.5. The average molecular weight is 526 g/mol. The first kappa shape index (κ1) is 29.3. The van der Waals surface area contributed by atoms with Crippen LogP contribution in [0.15, 0.2) is 64.3 Å². The number of aromatic nitrogens is 2. The molecule has 0 saturated heterocycles. The maximum Gasteiger partial charge on any atom is 0.332 e. The number of aliphatic hydroxyl groups is 2. The highest BCUT2D eigenvalue weighted by molar-refractivity contribution is 5.37. The lowest BCUT2D eigenvalue weighted by Crippen LogP contribution is -2.27. The molecule has 0 unspecified atom stereocenters. The third-order valence-electron chi connectivity index (χ3n) is 6.41. The number of phenols is 1. The first-order valence-electron chi connectivity index (χ1n) is 13.3. The van der Waals surface area contributed by atoms with Crippen LogP contribution in [0.2, 0.25) is 0 Å². The van der Waals surface area contributed by atoms with E-state index < -0.39 is 17.4 Å². The van der Waals surface area contributed by atoms with Crippen molar-refractivity contribution in [2.45, 2.75) is 57.7 Å². The Bertz CT molecular complexity index is 1240. The number of nitrogens with one attached hydrogen (secondary N) is 2. The Labute approximate surface area is 222 Å². The van der Waals surface area contributed by atoms with Gasteiger partial charge in [-0.25, -0.2) is 4.79 Å². The van der Waals surface area contributed by atoms with E-state index in [1.54, 1.807) is 12.1 Å². The van der Waals surface area contributed by atoms with Gasteiger partial charge >= 0.3 is 5.69 Å². The molecule has 9 heteroatoms. The van der Waals surface area contributed by atoms with Crippen molar-refractivity contribution < 1.29 is 20.1 Å². The molecule has 0 saturated carbocycles. The minimum Gasteiger partial charge on any atom is -0.508 e. The van der Waals surface area contributed by atoms with Gasteiger partial charge in [-0.05, 0) is 74.0 Å². The highest BCUT2D eigenvalue weighted by Gasteiger charge is 2.10. The predicted octanol–water partition coefficient (Wildman–Crippen LogP) is 2.95. The van der Waals surface area contributed by atoms with Crippen LogP contribution in [0.5, 0.6) is 5.75 Å². The number of hydrogen-bond acceptors (Lipinski definition) is 7. The van der Waals surface area contributed by atoms with E-state index >= 15 is 0 Å². The number of unbranched alkanes of at least 4 members (excludes halogenated alkanes) is 4. The zero-order valence-corrected chi connectivity index (χ0v) is 21.8. The summed E-state index contributed by atoms with van der Waals surface area (Å²) in [4.78, 5) is 25.5. The second-order valence-corrected chi connectivity index (χ2v) is 9.40. The molecule has 206 valence electrons. The van der Waals surface area contributed by atoms with Crippen LogP contribution in [-0.4, -0.2) is 51.2 Å². The minimum atomic E-state index is -0.682. The summed E-state index contributed by atoms with van der Waals surface area (Å²) < 4.78 is 7.19. The second-order valence-electron chi connectivity index (χ2n) is 9.40. The molecule has 1 aromatic heterocycles. The van der Waals surface area contributed by atoms with Crippen molar-refractivity contribution in [1.29, 1.82) is 0 Å². The van der Waals surface area contributed by atoms with Crippen molar-refractivity contribution in [3.63, 3.8) is 0 Å². The molecule has 2 aromatic carbocycles. The summed E-state index contributed by atoms with van der Waals surface area (Å²) in [5, 5.41) is 32.4. The van der Waals surface area contributed by atoms with Crippen LogP contribution in [0.4, 0.5) is 0 Å². The van der Waals surface area contributed by atoms with Gasteiger partial charge in [-0.3, -0.25) is 14.3 Å². The van der Waals surface area contributed by atoms with Gasteiger partial charge < -0.3 is 25.4 Å². The van der Waals surface area contributed by atoms with Crippen molar-refractivity contribution >= 4 is 0 Å². The molecule has 0 aliphatic rings. The van der Waals surface area contributed by atoms with E-state index in [0.29, 0.717) is 17.7 Å². The van der Waals surface area contributed by atoms with E-state index in [1.165, 1.54) is 22.9 Å². The maximum atomic E-state index is 12.0. The molecule has 0 aliphatic carbocycles. The lowest BCUT2D eigenvalue weighted by Gasteiger charge is -2.14. The van der Waals surface area contributed by atoms with Crippen LogP contribution >= 0.6 is 0 Å².